The summed E-state index contributed by atoms with van der Waals surface area (Å²) in [4.78, 5) is 45.6. The van der Waals surface area contributed by atoms with Gasteiger partial charge in [0.25, 0.3) is 0 Å². The lowest BCUT2D eigenvalue weighted by atomic mass is 9.99. The van der Waals surface area contributed by atoms with E-state index in [1.165, 1.54) is 0 Å². The highest BCUT2D eigenvalue weighted by molar-refractivity contribution is 5.90. The normalized spacial score (nSPS) is 17.6. The summed E-state index contributed by atoms with van der Waals surface area (Å²) < 4.78 is 0. The molecule has 1 saturated heterocycles. The van der Waals surface area contributed by atoms with E-state index < -0.39 is 12.1 Å². The summed E-state index contributed by atoms with van der Waals surface area (Å²) in [7, 11) is 1.59. The summed E-state index contributed by atoms with van der Waals surface area (Å²) in [5.74, 6) is -0.389. The predicted octanol–water partition coefficient (Wildman–Crippen LogP) is 1.86. The number of nitrogens with zero attached hydrogens (tertiary/aromatic N) is 2. The Labute approximate surface area is 253 Å². The van der Waals surface area contributed by atoms with Crippen LogP contribution in [0.1, 0.15) is 36.8 Å². The number of nitrogens with two attached hydrogens (primary N) is 2. The Morgan fingerprint density at radius 1 is 1.02 bits per heavy atom. The molecule has 0 spiro atoms. The van der Waals surface area contributed by atoms with Gasteiger partial charge in [0.05, 0.1) is 6.04 Å². The zero-order chi connectivity index (χ0) is 30.6. The van der Waals surface area contributed by atoms with E-state index in [4.69, 9.17) is 11.5 Å². The van der Waals surface area contributed by atoms with Crippen LogP contribution in [0.4, 0.5) is 0 Å². The van der Waals surface area contributed by atoms with Crippen molar-refractivity contribution in [1.82, 2.24) is 20.9 Å². The largest absolute Gasteiger partial charge is 0.370 e. The number of nitrogens with one attached hydrogen (secondary N) is 3. The van der Waals surface area contributed by atoms with Crippen molar-refractivity contribution in [3.05, 3.63) is 83.9 Å². The number of amides is 3. The molecule has 4 rings (SSSR count). The molecule has 0 radical (unpaired) electrons. The first-order valence-electron chi connectivity index (χ1n) is 15.0. The van der Waals surface area contributed by atoms with Gasteiger partial charge >= 0.3 is 0 Å². The van der Waals surface area contributed by atoms with E-state index in [0.29, 0.717) is 58.2 Å². The quantitative estimate of drug-likeness (QED) is 0.117. The van der Waals surface area contributed by atoms with Gasteiger partial charge in [0.2, 0.25) is 17.7 Å². The maximum atomic E-state index is 14.0. The second-order valence-electron chi connectivity index (χ2n) is 11.0. The number of aryl methyl sites for hydroxylation is 1. The molecule has 3 aromatic carbocycles. The summed E-state index contributed by atoms with van der Waals surface area (Å²) in [6.45, 7) is 1.16. The number of likely N-dealkylation sites (N-methyl/N-ethyl adjacent to an activating group) is 1. The van der Waals surface area contributed by atoms with E-state index in [9.17, 15) is 14.4 Å². The molecule has 7 N–H and O–H groups in total. The molecule has 228 valence electrons. The molecule has 1 heterocycles. The van der Waals surface area contributed by atoms with Crippen LogP contribution >= 0.6 is 0 Å². The van der Waals surface area contributed by atoms with E-state index in [2.05, 4.69) is 27.0 Å². The van der Waals surface area contributed by atoms with Crippen molar-refractivity contribution in [2.45, 2.75) is 56.7 Å². The average Bonchev–Trinajstić information content (AvgIpc) is 3.17. The molecule has 0 unspecified atom stereocenters. The van der Waals surface area contributed by atoms with Crippen molar-refractivity contribution in [3.63, 3.8) is 0 Å². The molecule has 43 heavy (non-hydrogen) atoms. The lowest BCUT2D eigenvalue weighted by Gasteiger charge is -2.31. The van der Waals surface area contributed by atoms with Gasteiger partial charge < -0.3 is 32.3 Å². The lowest BCUT2D eigenvalue weighted by molar-refractivity contribution is -0.141. The van der Waals surface area contributed by atoms with Crippen LogP contribution in [0.2, 0.25) is 0 Å². The fourth-order valence-corrected chi connectivity index (χ4v) is 5.55. The molecule has 3 aromatic rings. The zero-order valence-corrected chi connectivity index (χ0v) is 24.8. The number of benzene rings is 3. The standard InChI is InChI=1S/C33H43N7O3/c1-36-31(42)29(21-24-13-15-25-10-5-6-11-26(25)20-24)40-19-17-27(39-28(32(40)43)12-7-18-37-33(34)35)22-38-30(41)16-14-23-8-3-2-4-9-23/h2-6,8-11,13,15,20,27-29,39H,7,12,14,16-19,21-22H2,1H3,(H,36,42)(H,38,41)(H4,34,35,37)/t27-,28+,29+/m1/s1. The van der Waals surface area contributed by atoms with E-state index >= 15 is 0 Å². The number of fused-ring (bicyclic) bond motifs is 1. The first-order chi connectivity index (χ1) is 20.8. The molecule has 0 aliphatic carbocycles. The van der Waals surface area contributed by atoms with Crippen LogP contribution in [0.5, 0.6) is 0 Å². The molecule has 10 nitrogen and oxygen atoms in total. The topological polar surface area (TPSA) is 155 Å². The van der Waals surface area contributed by atoms with Gasteiger partial charge in [-0.05, 0) is 47.6 Å². The number of hydrogen-bond donors (Lipinski definition) is 5. The number of guanidine groups is 1. The van der Waals surface area contributed by atoms with E-state index in [-0.39, 0.29) is 29.7 Å². The molecule has 3 atom stereocenters. The fourth-order valence-electron chi connectivity index (χ4n) is 5.55. The van der Waals surface area contributed by atoms with Crippen molar-refractivity contribution in [2.75, 3.05) is 26.7 Å². The summed E-state index contributed by atoms with van der Waals surface area (Å²) in [6, 6.07) is 22.7. The molecule has 0 saturated carbocycles. The van der Waals surface area contributed by atoms with Crippen molar-refractivity contribution in [3.8, 4) is 0 Å². The Bertz CT molecular complexity index is 1410. The Morgan fingerprint density at radius 2 is 1.77 bits per heavy atom. The number of aliphatic imine (C=N–C) groups is 1. The van der Waals surface area contributed by atoms with Gasteiger partial charge in [-0.1, -0.05) is 72.8 Å². The van der Waals surface area contributed by atoms with Gasteiger partial charge in [-0.3, -0.25) is 19.4 Å². The average molecular weight is 586 g/mol. The fraction of sp³-hybridized carbons (Fsp3) is 0.394. The Kier molecular flexibility index (Phi) is 11.5. The van der Waals surface area contributed by atoms with Gasteiger partial charge in [0.15, 0.2) is 5.96 Å². The van der Waals surface area contributed by atoms with Crippen LogP contribution in [0, 0.1) is 0 Å². The van der Waals surface area contributed by atoms with Gasteiger partial charge in [-0.2, -0.15) is 0 Å². The third kappa shape index (κ3) is 9.27. The smallest absolute Gasteiger partial charge is 0.242 e. The van der Waals surface area contributed by atoms with Gasteiger partial charge in [-0.15, -0.1) is 0 Å². The maximum Gasteiger partial charge on any atom is 0.242 e. The van der Waals surface area contributed by atoms with Crippen LogP contribution in [0.3, 0.4) is 0 Å². The summed E-state index contributed by atoms with van der Waals surface area (Å²) in [5.41, 5.74) is 13.1. The van der Waals surface area contributed by atoms with Crippen LogP contribution in [0.15, 0.2) is 77.8 Å². The molecule has 3 amide bonds. The van der Waals surface area contributed by atoms with Gasteiger partial charge in [0.1, 0.15) is 6.04 Å². The second-order valence-corrected chi connectivity index (χ2v) is 11.0. The molecule has 0 bridgehead atoms. The summed E-state index contributed by atoms with van der Waals surface area (Å²) >= 11 is 0. The van der Waals surface area contributed by atoms with Crippen LogP contribution in [0.25, 0.3) is 10.8 Å². The predicted molar refractivity (Wildman–Crippen MR) is 170 cm³/mol. The van der Waals surface area contributed by atoms with E-state index in [0.717, 1.165) is 21.9 Å². The Hall–Kier alpha value is -4.44. The highest BCUT2D eigenvalue weighted by atomic mass is 16.2. The minimum absolute atomic E-state index is 0.00735. The highest BCUT2D eigenvalue weighted by Gasteiger charge is 2.37. The molecular weight excluding hydrogens is 542 g/mol. The monoisotopic (exact) mass is 585 g/mol. The Morgan fingerprint density at radius 3 is 2.51 bits per heavy atom. The van der Waals surface area contributed by atoms with Crippen molar-refractivity contribution in [1.29, 1.82) is 0 Å². The lowest BCUT2D eigenvalue weighted by Crippen LogP contribution is -2.54. The second kappa shape index (κ2) is 15.7. The molecule has 1 fully saturated rings. The number of hydrogen-bond acceptors (Lipinski definition) is 5. The van der Waals surface area contributed by atoms with Gasteiger partial charge in [0, 0.05) is 45.6 Å². The van der Waals surface area contributed by atoms with Crippen LogP contribution in [-0.4, -0.2) is 73.4 Å². The van der Waals surface area contributed by atoms with E-state index in [1.54, 1.807) is 11.9 Å². The molecule has 1 aliphatic rings. The summed E-state index contributed by atoms with van der Waals surface area (Å²) in [6.07, 6.45) is 3.08. The van der Waals surface area contributed by atoms with Gasteiger partial charge in [-0.25, -0.2) is 0 Å². The zero-order valence-electron chi connectivity index (χ0n) is 24.8. The molecular formula is C33H43N7O3. The SMILES string of the molecule is CNC(=O)[C@H](Cc1ccc2ccccc2c1)N1CC[C@H](CNC(=O)CCc2ccccc2)N[C@@H](CCCN=C(N)N)C1=O. The van der Waals surface area contributed by atoms with Crippen LogP contribution in [-0.2, 0) is 27.2 Å². The first-order valence-corrected chi connectivity index (χ1v) is 15.0. The molecule has 1 aliphatic heterocycles. The Balaban J connectivity index is 1.47. The third-order valence-electron chi connectivity index (χ3n) is 7.88. The van der Waals surface area contributed by atoms with Crippen molar-refractivity contribution in [2.24, 2.45) is 16.5 Å². The molecule has 0 aromatic heterocycles. The summed E-state index contributed by atoms with van der Waals surface area (Å²) in [5, 5.41) is 11.5. The van der Waals surface area contributed by atoms with Crippen molar-refractivity contribution < 1.29 is 14.4 Å². The first kappa shape index (κ1) is 31.5. The highest BCUT2D eigenvalue weighted by Crippen LogP contribution is 2.21. The number of rotatable bonds is 13. The maximum absolute atomic E-state index is 14.0. The molecule has 10 heteroatoms. The number of carbonyl (C=O) groups is 3. The minimum Gasteiger partial charge on any atom is -0.370 e. The van der Waals surface area contributed by atoms with E-state index in [1.807, 2.05) is 66.7 Å². The van der Waals surface area contributed by atoms with Crippen LogP contribution < -0.4 is 27.4 Å². The van der Waals surface area contributed by atoms with Crippen molar-refractivity contribution >= 4 is 34.5 Å². The third-order valence-corrected chi connectivity index (χ3v) is 7.88. The minimum atomic E-state index is -0.681. The number of carbonyl (C=O) groups excluding carboxylic acids is 3.